The molecule has 0 unspecified atom stereocenters. The highest BCUT2D eigenvalue weighted by molar-refractivity contribution is 6.16. The van der Waals surface area contributed by atoms with Gasteiger partial charge < -0.3 is 0 Å². The summed E-state index contributed by atoms with van der Waals surface area (Å²) < 4.78 is 0. The maximum absolute atomic E-state index is 12.6. The Kier molecular flexibility index (Phi) is 2.80. The zero-order valence-electron chi connectivity index (χ0n) is 10.5. The lowest BCUT2D eigenvalue weighted by molar-refractivity contribution is 0.103. The topological polar surface area (TPSA) is 42.9 Å². The summed E-state index contributed by atoms with van der Waals surface area (Å²) in [5.74, 6) is -0.01000. The van der Waals surface area contributed by atoms with Crippen molar-refractivity contribution < 1.29 is 4.79 Å². The number of aryl methyl sites for hydroxylation is 1. The SMILES string of the molecule is Cc1ccncc1C(=O)c1cccc2ncccc12. The van der Waals surface area contributed by atoms with Gasteiger partial charge in [-0.25, -0.2) is 0 Å². The second kappa shape index (κ2) is 4.61. The third-order valence-corrected chi connectivity index (χ3v) is 3.17. The summed E-state index contributed by atoms with van der Waals surface area (Å²) in [5, 5.41) is 0.873. The molecule has 0 amide bonds. The Morgan fingerprint density at radius 3 is 2.74 bits per heavy atom. The van der Waals surface area contributed by atoms with Crippen LogP contribution in [0.2, 0.25) is 0 Å². The van der Waals surface area contributed by atoms with Gasteiger partial charge in [-0.2, -0.15) is 0 Å². The van der Waals surface area contributed by atoms with Gasteiger partial charge in [0.1, 0.15) is 0 Å². The predicted molar refractivity (Wildman–Crippen MR) is 74.1 cm³/mol. The van der Waals surface area contributed by atoms with Crippen LogP contribution in [0.4, 0.5) is 0 Å². The third-order valence-electron chi connectivity index (χ3n) is 3.17. The molecule has 3 aromatic rings. The number of benzene rings is 1. The first kappa shape index (κ1) is 11.5. The van der Waals surface area contributed by atoms with Crippen LogP contribution >= 0.6 is 0 Å². The molecule has 0 saturated heterocycles. The van der Waals surface area contributed by atoms with Gasteiger partial charge in [0.2, 0.25) is 0 Å². The van der Waals surface area contributed by atoms with Crippen LogP contribution in [0.25, 0.3) is 10.9 Å². The Bertz CT molecular complexity index is 760. The number of hydrogen-bond donors (Lipinski definition) is 0. The van der Waals surface area contributed by atoms with Crippen LogP contribution in [0.1, 0.15) is 21.5 Å². The Hall–Kier alpha value is -2.55. The van der Waals surface area contributed by atoms with Crippen LogP contribution in [-0.4, -0.2) is 15.8 Å². The minimum atomic E-state index is -0.01000. The van der Waals surface area contributed by atoms with E-state index >= 15 is 0 Å². The summed E-state index contributed by atoms with van der Waals surface area (Å²) in [6.45, 7) is 1.91. The van der Waals surface area contributed by atoms with E-state index in [0.717, 1.165) is 16.5 Å². The van der Waals surface area contributed by atoms with Gasteiger partial charge in [-0.1, -0.05) is 18.2 Å². The largest absolute Gasteiger partial charge is 0.289 e. The quantitative estimate of drug-likeness (QED) is 0.654. The molecule has 0 N–H and O–H groups in total. The van der Waals surface area contributed by atoms with Crippen LogP contribution in [-0.2, 0) is 0 Å². The second-order valence-corrected chi connectivity index (χ2v) is 4.40. The molecule has 19 heavy (non-hydrogen) atoms. The van der Waals surface area contributed by atoms with E-state index in [0.29, 0.717) is 11.1 Å². The number of ketones is 1. The summed E-state index contributed by atoms with van der Waals surface area (Å²) in [4.78, 5) is 20.9. The van der Waals surface area contributed by atoms with Gasteiger partial charge in [-0.05, 0) is 30.7 Å². The fourth-order valence-corrected chi connectivity index (χ4v) is 2.15. The maximum atomic E-state index is 12.6. The molecule has 0 saturated carbocycles. The lowest BCUT2D eigenvalue weighted by atomic mass is 9.98. The van der Waals surface area contributed by atoms with E-state index in [4.69, 9.17) is 0 Å². The molecule has 1 aromatic carbocycles. The molecule has 2 heterocycles. The summed E-state index contributed by atoms with van der Waals surface area (Å²) in [6, 6.07) is 11.2. The number of hydrogen-bond acceptors (Lipinski definition) is 3. The van der Waals surface area contributed by atoms with Crippen LogP contribution in [0.3, 0.4) is 0 Å². The maximum Gasteiger partial charge on any atom is 0.195 e. The summed E-state index contributed by atoms with van der Waals surface area (Å²) in [6.07, 6.45) is 5.04. The average molecular weight is 248 g/mol. The Labute approximate surface area is 111 Å². The molecule has 0 atom stereocenters. The number of pyridine rings is 2. The normalized spacial score (nSPS) is 10.6. The molecule has 0 bridgehead atoms. The average Bonchev–Trinajstić information content (AvgIpc) is 2.46. The lowest BCUT2D eigenvalue weighted by Crippen LogP contribution is -2.05. The van der Waals surface area contributed by atoms with E-state index in [1.807, 2.05) is 43.3 Å². The molecule has 0 radical (unpaired) electrons. The summed E-state index contributed by atoms with van der Waals surface area (Å²) in [5.41, 5.74) is 3.07. The second-order valence-electron chi connectivity index (χ2n) is 4.40. The minimum absolute atomic E-state index is 0.01000. The van der Waals surface area contributed by atoms with Crippen molar-refractivity contribution in [2.75, 3.05) is 0 Å². The molecule has 0 aliphatic carbocycles. The van der Waals surface area contributed by atoms with E-state index < -0.39 is 0 Å². The van der Waals surface area contributed by atoms with E-state index in [2.05, 4.69) is 9.97 Å². The first-order chi connectivity index (χ1) is 9.27. The van der Waals surface area contributed by atoms with Crippen molar-refractivity contribution in [3.63, 3.8) is 0 Å². The van der Waals surface area contributed by atoms with Gasteiger partial charge >= 0.3 is 0 Å². The van der Waals surface area contributed by atoms with Crippen molar-refractivity contribution in [3.05, 3.63) is 71.7 Å². The summed E-state index contributed by atoms with van der Waals surface area (Å²) >= 11 is 0. The van der Waals surface area contributed by atoms with Crippen molar-refractivity contribution >= 4 is 16.7 Å². The number of carbonyl (C=O) groups excluding carboxylic acids is 1. The number of rotatable bonds is 2. The molecule has 0 spiro atoms. The van der Waals surface area contributed by atoms with E-state index in [1.165, 1.54) is 0 Å². The Morgan fingerprint density at radius 2 is 1.89 bits per heavy atom. The predicted octanol–water partition coefficient (Wildman–Crippen LogP) is 3.17. The van der Waals surface area contributed by atoms with Gasteiger partial charge in [-0.3, -0.25) is 14.8 Å². The monoisotopic (exact) mass is 248 g/mol. The number of nitrogens with zero attached hydrogens (tertiary/aromatic N) is 2. The molecule has 0 fully saturated rings. The van der Waals surface area contributed by atoms with E-state index in [9.17, 15) is 4.79 Å². The van der Waals surface area contributed by atoms with E-state index in [1.54, 1.807) is 18.6 Å². The lowest BCUT2D eigenvalue weighted by Gasteiger charge is -2.07. The van der Waals surface area contributed by atoms with Gasteiger partial charge in [0, 0.05) is 35.1 Å². The fourth-order valence-electron chi connectivity index (χ4n) is 2.15. The molecule has 0 aliphatic rings. The van der Waals surface area contributed by atoms with Crippen LogP contribution < -0.4 is 0 Å². The van der Waals surface area contributed by atoms with Crippen molar-refractivity contribution in [3.8, 4) is 0 Å². The van der Waals surface area contributed by atoms with Crippen molar-refractivity contribution in [1.29, 1.82) is 0 Å². The van der Waals surface area contributed by atoms with Crippen LogP contribution in [0.5, 0.6) is 0 Å². The molecule has 2 aromatic heterocycles. The number of fused-ring (bicyclic) bond motifs is 1. The molecule has 92 valence electrons. The molecule has 3 heteroatoms. The van der Waals surface area contributed by atoms with Gasteiger partial charge in [0.15, 0.2) is 5.78 Å². The standard InChI is InChI=1S/C16H12N2O/c1-11-7-9-17-10-14(11)16(19)13-4-2-6-15-12(13)5-3-8-18-15/h2-10H,1H3. The highest BCUT2D eigenvalue weighted by atomic mass is 16.1. The van der Waals surface area contributed by atoms with Gasteiger partial charge in [-0.15, -0.1) is 0 Å². The van der Waals surface area contributed by atoms with Crippen molar-refractivity contribution in [1.82, 2.24) is 9.97 Å². The molecular weight excluding hydrogens is 236 g/mol. The number of aromatic nitrogens is 2. The highest BCUT2D eigenvalue weighted by Gasteiger charge is 2.14. The minimum Gasteiger partial charge on any atom is -0.289 e. The molecular formula is C16H12N2O. The van der Waals surface area contributed by atoms with Gasteiger partial charge in [0.25, 0.3) is 0 Å². The zero-order chi connectivity index (χ0) is 13.2. The Balaban J connectivity index is 2.20. The molecule has 0 aliphatic heterocycles. The van der Waals surface area contributed by atoms with Crippen molar-refractivity contribution in [2.24, 2.45) is 0 Å². The fraction of sp³-hybridized carbons (Fsp3) is 0.0625. The van der Waals surface area contributed by atoms with Crippen molar-refractivity contribution in [2.45, 2.75) is 6.92 Å². The first-order valence-electron chi connectivity index (χ1n) is 6.06. The smallest absolute Gasteiger partial charge is 0.195 e. The molecule has 3 rings (SSSR count). The van der Waals surface area contributed by atoms with Crippen LogP contribution in [0.15, 0.2) is 55.0 Å². The van der Waals surface area contributed by atoms with E-state index in [-0.39, 0.29) is 5.78 Å². The number of carbonyl (C=O) groups is 1. The Morgan fingerprint density at radius 1 is 1.00 bits per heavy atom. The highest BCUT2D eigenvalue weighted by Crippen LogP contribution is 2.20. The molecule has 3 nitrogen and oxygen atoms in total. The summed E-state index contributed by atoms with van der Waals surface area (Å²) in [7, 11) is 0. The zero-order valence-corrected chi connectivity index (χ0v) is 10.5. The first-order valence-corrected chi connectivity index (χ1v) is 6.06. The third kappa shape index (κ3) is 1.99. The van der Waals surface area contributed by atoms with Crippen LogP contribution in [0, 0.1) is 6.92 Å². The van der Waals surface area contributed by atoms with Gasteiger partial charge in [0.05, 0.1) is 5.52 Å².